The summed E-state index contributed by atoms with van der Waals surface area (Å²) in [6.07, 6.45) is 1.39. The highest BCUT2D eigenvalue weighted by atomic mass is 35.5. The molecule has 0 atom stereocenters. The third-order valence-electron chi connectivity index (χ3n) is 3.92. The number of ether oxygens (including phenoxy) is 4. The summed E-state index contributed by atoms with van der Waals surface area (Å²) in [5, 5.41) is 12.5. The van der Waals surface area contributed by atoms with Gasteiger partial charge in [0.15, 0.2) is 18.1 Å². The van der Waals surface area contributed by atoms with Crippen LogP contribution in [0.1, 0.15) is 5.56 Å². The molecule has 1 amide bonds. The molecule has 0 saturated carbocycles. The van der Waals surface area contributed by atoms with Crippen LogP contribution in [0.5, 0.6) is 17.2 Å². The Kier molecular flexibility index (Phi) is 9.82. The van der Waals surface area contributed by atoms with E-state index in [0.29, 0.717) is 17.2 Å². The van der Waals surface area contributed by atoms with Crippen molar-refractivity contribution in [1.29, 1.82) is 5.26 Å². The zero-order valence-corrected chi connectivity index (χ0v) is 18.8. The van der Waals surface area contributed by atoms with Gasteiger partial charge in [0.05, 0.1) is 18.7 Å². The van der Waals surface area contributed by atoms with Crippen molar-refractivity contribution in [2.45, 2.75) is 0 Å². The molecule has 0 heterocycles. The molecule has 0 unspecified atom stereocenters. The molecule has 2 aromatic rings. The van der Waals surface area contributed by atoms with Crippen molar-refractivity contribution >= 4 is 41.2 Å². The number of hydrogen-bond acceptors (Lipinski definition) is 7. The number of hydrogen-bond donors (Lipinski definition) is 1. The van der Waals surface area contributed by atoms with Crippen LogP contribution in [0.25, 0.3) is 6.08 Å². The van der Waals surface area contributed by atoms with Crippen molar-refractivity contribution in [2.75, 3.05) is 34.0 Å². The van der Waals surface area contributed by atoms with E-state index >= 15 is 0 Å². The van der Waals surface area contributed by atoms with Gasteiger partial charge in [0, 0.05) is 18.7 Å². The smallest absolute Gasteiger partial charge is 0.349 e. The fraction of sp³-hybridized carbons (Fsp3) is 0.227. The van der Waals surface area contributed by atoms with Gasteiger partial charge in [-0.3, -0.25) is 4.79 Å². The summed E-state index contributed by atoms with van der Waals surface area (Å²) in [4.78, 5) is 24.2. The Balaban J connectivity index is 2.06. The van der Waals surface area contributed by atoms with Crippen LogP contribution in [0.15, 0.2) is 42.0 Å². The summed E-state index contributed by atoms with van der Waals surface area (Å²) < 4.78 is 20.7. The predicted molar refractivity (Wildman–Crippen MR) is 119 cm³/mol. The second-order valence-electron chi connectivity index (χ2n) is 6.17. The SMILES string of the molecule is COCCNC(=O)/C(C#N)=C/c1ccc(OC(=O)COc2ccc(Cl)cc2Cl)c(OC)c1. The molecule has 168 valence electrons. The first-order valence-corrected chi connectivity index (χ1v) is 9.99. The van der Waals surface area contributed by atoms with E-state index in [1.165, 1.54) is 44.6 Å². The number of amides is 1. The second-order valence-corrected chi connectivity index (χ2v) is 7.01. The third kappa shape index (κ3) is 7.46. The molecule has 32 heavy (non-hydrogen) atoms. The summed E-state index contributed by atoms with van der Waals surface area (Å²) in [6.45, 7) is 0.203. The highest BCUT2D eigenvalue weighted by Crippen LogP contribution is 2.30. The third-order valence-corrected chi connectivity index (χ3v) is 4.45. The first-order chi connectivity index (χ1) is 15.4. The zero-order chi connectivity index (χ0) is 23.5. The van der Waals surface area contributed by atoms with Crippen molar-refractivity contribution in [1.82, 2.24) is 5.32 Å². The fourth-order valence-electron chi connectivity index (χ4n) is 2.42. The van der Waals surface area contributed by atoms with Crippen molar-refractivity contribution in [3.63, 3.8) is 0 Å². The van der Waals surface area contributed by atoms with E-state index in [2.05, 4.69) is 5.32 Å². The minimum atomic E-state index is -0.687. The van der Waals surface area contributed by atoms with Crippen LogP contribution in [-0.2, 0) is 14.3 Å². The molecule has 2 rings (SSSR count). The van der Waals surface area contributed by atoms with Crippen LogP contribution < -0.4 is 19.5 Å². The lowest BCUT2D eigenvalue weighted by Gasteiger charge is -2.11. The number of halogens is 2. The normalized spacial score (nSPS) is 10.8. The van der Waals surface area contributed by atoms with Crippen molar-refractivity contribution < 1.29 is 28.5 Å². The Bertz CT molecular complexity index is 1050. The molecular formula is C22H20Cl2N2O6. The van der Waals surface area contributed by atoms with Gasteiger partial charge in [0.25, 0.3) is 5.91 Å². The number of esters is 1. The van der Waals surface area contributed by atoms with E-state index < -0.39 is 18.5 Å². The number of carbonyl (C=O) groups excluding carboxylic acids is 2. The maximum atomic E-state index is 12.2. The number of nitriles is 1. The maximum absolute atomic E-state index is 12.2. The molecule has 0 aliphatic rings. The van der Waals surface area contributed by atoms with Gasteiger partial charge in [-0.05, 0) is 42.0 Å². The summed E-state index contributed by atoms with van der Waals surface area (Å²) in [5.41, 5.74) is 0.408. The Hall–Kier alpha value is -3.25. The van der Waals surface area contributed by atoms with Gasteiger partial charge >= 0.3 is 5.97 Å². The van der Waals surface area contributed by atoms with Crippen LogP contribution in [-0.4, -0.2) is 45.9 Å². The van der Waals surface area contributed by atoms with Crippen LogP contribution >= 0.6 is 23.2 Å². The number of nitrogens with one attached hydrogen (secondary N) is 1. The number of benzene rings is 2. The molecule has 0 spiro atoms. The van der Waals surface area contributed by atoms with Gasteiger partial charge in [-0.2, -0.15) is 5.26 Å². The second kappa shape index (κ2) is 12.6. The maximum Gasteiger partial charge on any atom is 0.349 e. The summed E-state index contributed by atoms with van der Waals surface area (Å²) in [6, 6.07) is 11.0. The van der Waals surface area contributed by atoms with Crippen LogP contribution in [0.4, 0.5) is 0 Å². The molecule has 1 N–H and O–H groups in total. The summed E-state index contributed by atoms with van der Waals surface area (Å²) >= 11 is 11.8. The molecule has 0 aromatic heterocycles. The highest BCUT2D eigenvalue weighted by Gasteiger charge is 2.14. The van der Waals surface area contributed by atoms with E-state index in [-0.39, 0.29) is 34.4 Å². The first-order valence-electron chi connectivity index (χ1n) is 9.23. The lowest BCUT2D eigenvalue weighted by atomic mass is 10.1. The monoisotopic (exact) mass is 478 g/mol. The minimum Gasteiger partial charge on any atom is -0.493 e. The number of rotatable bonds is 10. The first kappa shape index (κ1) is 25.0. The molecule has 0 aliphatic carbocycles. The largest absolute Gasteiger partial charge is 0.493 e. The molecule has 2 aromatic carbocycles. The van der Waals surface area contributed by atoms with Gasteiger partial charge in [0.1, 0.15) is 17.4 Å². The van der Waals surface area contributed by atoms with Gasteiger partial charge < -0.3 is 24.3 Å². The molecule has 0 saturated heterocycles. The Morgan fingerprint density at radius 2 is 1.84 bits per heavy atom. The van der Waals surface area contributed by atoms with Crippen molar-refractivity contribution in [2.24, 2.45) is 0 Å². The van der Waals surface area contributed by atoms with Gasteiger partial charge in [-0.25, -0.2) is 4.79 Å². The Morgan fingerprint density at radius 1 is 1.09 bits per heavy atom. The average Bonchev–Trinajstić information content (AvgIpc) is 2.77. The van der Waals surface area contributed by atoms with Crippen LogP contribution in [0.2, 0.25) is 10.0 Å². The number of methoxy groups -OCH3 is 2. The van der Waals surface area contributed by atoms with Crippen LogP contribution in [0.3, 0.4) is 0 Å². The van der Waals surface area contributed by atoms with E-state index in [4.69, 9.17) is 42.1 Å². The van der Waals surface area contributed by atoms with E-state index in [9.17, 15) is 14.9 Å². The lowest BCUT2D eigenvalue weighted by Crippen LogP contribution is -2.27. The van der Waals surface area contributed by atoms with Crippen molar-refractivity contribution in [3.05, 3.63) is 57.6 Å². The van der Waals surface area contributed by atoms with Gasteiger partial charge in [-0.15, -0.1) is 0 Å². The summed E-state index contributed by atoms with van der Waals surface area (Å²) in [5.74, 6) is -0.560. The van der Waals surface area contributed by atoms with Gasteiger partial charge in [0.2, 0.25) is 0 Å². The topological polar surface area (TPSA) is 107 Å². The fourth-order valence-corrected chi connectivity index (χ4v) is 2.88. The minimum absolute atomic E-state index is 0.0962. The van der Waals surface area contributed by atoms with Crippen LogP contribution in [0, 0.1) is 11.3 Å². The molecule has 8 nitrogen and oxygen atoms in total. The average molecular weight is 479 g/mol. The molecule has 0 bridgehead atoms. The molecule has 0 aliphatic heterocycles. The van der Waals surface area contributed by atoms with E-state index in [1.807, 2.05) is 6.07 Å². The Labute approximate surface area is 195 Å². The van der Waals surface area contributed by atoms with Crippen molar-refractivity contribution in [3.8, 4) is 23.3 Å². The van der Waals surface area contributed by atoms with E-state index in [0.717, 1.165) is 0 Å². The molecule has 10 heteroatoms. The standard InChI is InChI=1S/C22H20Cl2N2O6/c1-29-8-7-26-22(28)15(12-25)9-14-3-5-19(20(10-14)30-2)32-21(27)13-31-18-6-4-16(23)11-17(18)24/h3-6,9-11H,7-8,13H2,1-2H3,(H,26,28)/b15-9+. The number of nitrogens with zero attached hydrogens (tertiary/aromatic N) is 1. The quantitative estimate of drug-likeness (QED) is 0.182. The number of carbonyl (C=O) groups is 2. The van der Waals surface area contributed by atoms with Gasteiger partial charge in [-0.1, -0.05) is 29.3 Å². The molecule has 0 fully saturated rings. The lowest BCUT2D eigenvalue weighted by molar-refractivity contribution is -0.136. The molecular weight excluding hydrogens is 459 g/mol. The zero-order valence-electron chi connectivity index (χ0n) is 17.3. The Morgan fingerprint density at radius 3 is 2.50 bits per heavy atom. The predicted octanol–water partition coefficient (Wildman–Crippen LogP) is 3.66. The van der Waals surface area contributed by atoms with E-state index in [1.54, 1.807) is 12.1 Å². The molecule has 0 radical (unpaired) electrons. The highest BCUT2D eigenvalue weighted by molar-refractivity contribution is 6.35. The summed E-state index contributed by atoms with van der Waals surface area (Å²) in [7, 11) is 2.90.